The lowest BCUT2D eigenvalue weighted by Crippen LogP contribution is -2.26. The third-order valence-corrected chi connectivity index (χ3v) is 4.93. The van der Waals surface area contributed by atoms with Gasteiger partial charge in [-0.2, -0.15) is 0 Å². The molecular weight excluding hydrogens is 214 g/mol. The molecule has 1 N–H and O–H groups in total. The fourth-order valence-electron chi connectivity index (χ4n) is 2.66. The average molecular weight is 237 g/mol. The van der Waals surface area contributed by atoms with Crippen molar-refractivity contribution in [3.8, 4) is 0 Å². The first-order valence-corrected chi connectivity index (χ1v) is 7.13. The number of rotatable bonds is 2. The standard InChI is InChI=1S/C14H23NS/c1-14(2,3)11-5-6-12-10(8-15-4)9-16-13(12)7-11/h9,11,15H,5-8H2,1-4H3. The van der Waals surface area contributed by atoms with Crippen LogP contribution in [0, 0.1) is 11.3 Å². The Hall–Kier alpha value is -0.340. The second kappa shape index (κ2) is 4.50. The van der Waals surface area contributed by atoms with Crippen molar-refractivity contribution in [3.05, 3.63) is 21.4 Å². The quantitative estimate of drug-likeness (QED) is 0.828. The molecule has 2 rings (SSSR count). The van der Waals surface area contributed by atoms with E-state index in [2.05, 4.69) is 31.5 Å². The van der Waals surface area contributed by atoms with Crippen molar-refractivity contribution in [2.75, 3.05) is 7.05 Å². The second-order valence-electron chi connectivity index (χ2n) is 6.00. The van der Waals surface area contributed by atoms with Crippen molar-refractivity contribution in [1.29, 1.82) is 0 Å². The van der Waals surface area contributed by atoms with Crippen LogP contribution in [0.2, 0.25) is 0 Å². The van der Waals surface area contributed by atoms with E-state index < -0.39 is 0 Å². The highest BCUT2D eigenvalue weighted by atomic mass is 32.1. The third-order valence-electron chi connectivity index (χ3n) is 3.83. The van der Waals surface area contributed by atoms with Crippen LogP contribution in [0.4, 0.5) is 0 Å². The normalized spacial score (nSPS) is 20.9. The molecule has 0 fully saturated rings. The zero-order valence-electron chi connectivity index (χ0n) is 10.9. The van der Waals surface area contributed by atoms with Gasteiger partial charge in [0.1, 0.15) is 0 Å². The number of hydrogen-bond donors (Lipinski definition) is 1. The number of fused-ring (bicyclic) bond motifs is 1. The van der Waals surface area contributed by atoms with Crippen LogP contribution in [-0.2, 0) is 19.4 Å². The van der Waals surface area contributed by atoms with Gasteiger partial charge < -0.3 is 5.32 Å². The maximum atomic E-state index is 3.27. The lowest BCUT2D eigenvalue weighted by atomic mass is 9.72. The van der Waals surface area contributed by atoms with Gasteiger partial charge in [0.05, 0.1) is 0 Å². The van der Waals surface area contributed by atoms with Gasteiger partial charge in [0, 0.05) is 11.4 Å². The van der Waals surface area contributed by atoms with E-state index in [1.54, 1.807) is 10.4 Å². The second-order valence-corrected chi connectivity index (χ2v) is 6.96. The molecule has 0 bridgehead atoms. The Morgan fingerprint density at radius 1 is 1.44 bits per heavy atom. The van der Waals surface area contributed by atoms with Crippen LogP contribution in [-0.4, -0.2) is 7.05 Å². The summed E-state index contributed by atoms with van der Waals surface area (Å²) in [7, 11) is 2.03. The third kappa shape index (κ3) is 2.33. The maximum Gasteiger partial charge on any atom is 0.0213 e. The highest BCUT2D eigenvalue weighted by Crippen LogP contribution is 2.40. The highest BCUT2D eigenvalue weighted by Gasteiger charge is 2.30. The fraction of sp³-hybridized carbons (Fsp3) is 0.714. The number of thiophene rings is 1. The number of nitrogens with one attached hydrogen (secondary N) is 1. The van der Waals surface area contributed by atoms with Crippen molar-refractivity contribution in [2.45, 2.75) is 46.6 Å². The minimum absolute atomic E-state index is 0.463. The van der Waals surface area contributed by atoms with Crippen molar-refractivity contribution < 1.29 is 0 Å². The molecule has 0 spiro atoms. The van der Waals surface area contributed by atoms with Gasteiger partial charge in [0.25, 0.3) is 0 Å². The smallest absolute Gasteiger partial charge is 0.0213 e. The molecule has 1 atom stereocenters. The minimum atomic E-state index is 0.463. The molecule has 0 amide bonds. The van der Waals surface area contributed by atoms with Crippen LogP contribution < -0.4 is 5.32 Å². The van der Waals surface area contributed by atoms with Crippen molar-refractivity contribution >= 4 is 11.3 Å². The first-order chi connectivity index (χ1) is 7.52. The van der Waals surface area contributed by atoms with Gasteiger partial charge in [0.15, 0.2) is 0 Å². The zero-order valence-corrected chi connectivity index (χ0v) is 11.7. The molecule has 0 saturated carbocycles. The SMILES string of the molecule is CNCc1csc2c1CCC(C(C)(C)C)C2. The van der Waals surface area contributed by atoms with Crippen molar-refractivity contribution in [1.82, 2.24) is 5.32 Å². The molecule has 0 aliphatic heterocycles. The lowest BCUT2D eigenvalue weighted by Gasteiger charge is -2.34. The molecule has 0 radical (unpaired) electrons. The van der Waals surface area contributed by atoms with E-state index in [1.165, 1.54) is 24.8 Å². The summed E-state index contributed by atoms with van der Waals surface area (Å²) in [5, 5.41) is 5.62. The van der Waals surface area contributed by atoms with E-state index in [0.717, 1.165) is 12.5 Å². The highest BCUT2D eigenvalue weighted by molar-refractivity contribution is 7.10. The van der Waals surface area contributed by atoms with Crippen molar-refractivity contribution in [3.63, 3.8) is 0 Å². The van der Waals surface area contributed by atoms with Gasteiger partial charge in [0.2, 0.25) is 0 Å². The van der Waals surface area contributed by atoms with Crippen LogP contribution in [0.15, 0.2) is 5.38 Å². The summed E-state index contributed by atoms with van der Waals surface area (Å²) in [4.78, 5) is 1.65. The summed E-state index contributed by atoms with van der Waals surface area (Å²) >= 11 is 1.97. The van der Waals surface area contributed by atoms with E-state index in [9.17, 15) is 0 Å². The molecule has 0 saturated heterocycles. The van der Waals surface area contributed by atoms with Crippen molar-refractivity contribution in [2.24, 2.45) is 11.3 Å². The number of hydrogen-bond acceptors (Lipinski definition) is 2. The Bertz CT molecular complexity index is 359. The predicted molar refractivity (Wildman–Crippen MR) is 72.1 cm³/mol. The van der Waals surface area contributed by atoms with E-state index in [4.69, 9.17) is 0 Å². The molecule has 90 valence electrons. The largest absolute Gasteiger partial charge is 0.316 e. The zero-order chi connectivity index (χ0) is 11.8. The molecule has 1 aliphatic rings. The molecule has 16 heavy (non-hydrogen) atoms. The molecule has 2 heteroatoms. The minimum Gasteiger partial charge on any atom is -0.316 e. The molecule has 1 unspecified atom stereocenters. The molecule has 1 heterocycles. The van der Waals surface area contributed by atoms with Gasteiger partial charge in [-0.05, 0) is 54.1 Å². The van der Waals surface area contributed by atoms with E-state index in [0.29, 0.717) is 5.41 Å². The summed E-state index contributed by atoms with van der Waals surface area (Å²) < 4.78 is 0. The Labute approximate surface area is 103 Å². The van der Waals surface area contributed by atoms with Gasteiger partial charge in [-0.15, -0.1) is 11.3 Å². The van der Waals surface area contributed by atoms with Gasteiger partial charge in [-0.3, -0.25) is 0 Å². The van der Waals surface area contributed by atoms with Crippen LogP contribution >= 0.6 is 11.3 Å². The summed E-state index contributed by atoms with van der Waals surface area (Å²) in [5.74, 6) is 0.862. The monoisotopic (exact) mass is 237 g/mol. The summed E-state index contributed by atoms with van der Waals surface area (Å²) in [6.45, 7) is 8.17. The van der Waals surface area contributed by atoms with Gasteiger partial charge in [-0.25, -0.2) is 0 Å². The van der Waals surface area contributed by atoms with E-state index >= 15 is 0 Å². The first kappa shape index (κ1) is 12.1. The Kier molecular flexibility index (Phi) is 3.41. The van der Waals surface area contributed by atoms with Crippen LogP contribution in [0.1, 0.15) is 43.2 Å². The molecular formula is C14H23NS. The predicted octanol–water partition coefficient (Wildman–Crippen LogP) is 3.62. The molecule has 0 aromatic carbocycles. The maximum absolute atomic E-state index is 3.27. The topological polar surface area (TPSA) is 12.0 Å². The summed E-state index contributed by atoms with van der Waals surface area (Å²) in [5.41, 5.74) is 3.65. The average Bonchev–Trinajstić information content (AvgIpc) is 2.60. The van der Waals surface area contributed by atoms with Crippen LogP contribution in [0.3, 0.4) is 0 Å². The molecule has 1 aromatic rings. The first-order valence-electron chi connectivity index (χ1n) is 6.25. The molecule has 1 nitrogen and oxygen atoms in total. The molecule has 1 aromatic heterocycles. The van der Waals surface area contributed by atoms with E-state index in [1.807, 2.05) is 18.4 Å². The summed E-state index contributed by atoms with van der Waals surface area (Å²) in [6.07, 6.45) is 3.95. The van der Waals surface area contributed by atoms with Gasteiger partial charge >= 0.3 is 0 Å². The van der Waals surface area contributed by atoms with Crippen LogP contribution in [0.5, 0.6) is 0 Å². The summed E-state index contributed by atoms with van der Waals surface area (Å²) in [6, 6.07) is 0. The lowest BCUT2D eigenvalue weighted by molar-refractivity contribution is 0.217. The van der Waals surface area contributed by atoms with Gasteiger partial charge in [-0.1, -0.05) is 20.8 Å². The van der Waals surface area contributed by atoms with E-state index in [-0.39, 0.29) is 0 Å². The Morgan fingerprint density at radius 2 is 2.19 bits per heavy atom. The fourth-order valence-corrected chi connectivity index (χ4v) is 3.84. The molecule has 1 aliphatic carbocycles. The Morgan fingerprint density at radius 3 is 2.81 bits per heavy atom. The van der Waals surface area contributed by atoms with Crippen LogP contribution in [0.25, 0.3) is 0 Å². The Balaban J connectivity index is 2.17.